The number of primary amides is 1. The molecule has 0 heterocycles. The molecule has 7 nitrogen and oxygen atoms in total. The van der Waals surface area contributed by atoms with Crippen molar-refractivity contribution < 1.29 is 24.2 Å². The van der Waals surface area contributed by atoms with Crippen LogP contribution < -0.4 is 15.8 Å². The number of carbonyl (C=O) groups is 2. The number of phenols is 1. The molecule has 18 heavy (non-hydrogen) atoms. The standard InChI is InChI=1S/C11H14N2O5/c1-17-7-2-3-9(14)8(6-7)10(15)13-4-5-18-11(12)16/h2-3,6,14H,4-5H2,1H3,(H2,12,16)(H,13,15). The molecule has 1 rings (SSSR count). The van der Waals surface area contributed by atoms with Gasteiger partial charge in [0.1, 0.15) is 18.1 Å². The predicted molar refractivity (Wildman–Crippen MR) is 62.5 cm³/mol. The van der Waals surface area contributed by atoms with Crippen molar-refractivity contribution in [2.24, 2.45) is 5.73 Å². The molecule has 0 aliphatic heterocycles. The number of nitrogens with one attached hydrogen (secondary N) is 1. The van der Waals surface area contributed by atoms with Crippen molar-refractivity contribution in [3.63, 3.8) is 0 Å². The van der Waals surface area contributed by atoms with Gasteiger partial charge in [-0.1, -0.05) is 0 Å². The summed E-state index contributed by atoms with van der Waals surface area (Å²) in [5, 5.41) is 12.0. The van der Waals surface area contributed by atoms with Crippen molar-refractivity contribution in [3.05, 3.63) is 23.8 Å². The van der Waals surface area contributed by atoms with E-state index in [1.807, 2.05) is 0 Å². The fraction of sp³-hybridized carbons (Fsp3) is 0.273. The molecule has 0 atom stereocenters. The average Bonchev–Trinajstić information content (AvgIpc) is 2.34. The Balaban J connectivity index is 2.58. The van der Waals surface area contributed by atoms with Gasteiger partial charge in [-0.3, -0.25) is 4.79 Å². The Hall–Kier alpha value is -2.44. The van der Waals surface area contributed by atoms with Crippen LogP contribution in [-0.4, -0.2) is 37.4 Å². The van der Waals surface area contributed by atoms with E-state index in [1.54, 1.807) is 0 Å². The highest BCUT2D eigenvalue weighted by Crippen LogP contribution is 2.22. The minimum absolute atomic E-state index is 0.0359. The van der Waals surface area contributed by atoms with Crippen molar-refractivity contribution in [3.8, 4) is 11.5 Å². The molecule has 4 N–H and O–H groups in total. The number of phenolic OH excluding ortho intramolecular Hbond substituents is 1. The molecule has 0 radical (unpaired) electrons. The second-order valence-electron chi connectivity index (χ2n) is 3.31. The van der Waals surface area contributed by atoms with Gasteiger partial charge in [0.05, 0.1) is 19.2 Å². The van der Waals surface area contributed by atoms with E-state index >= 15 is 0 Å². The van der Waals surface area contributed by atoms with Gasteiger partial charge in [0.2, 0.25) is 0 Å². The van der Waals surface area contributed by atoms with Gasteiger partial charge in [-0.25, -0.2) is 4.79 Å². The monoisotopic (exact) mass is 254 g/mol. The summed E-state index contributed by atoms with van der Waals surface area (Å²) < 4.78 is 9.38. The van der Waals surface area contributed by atoms with E-state index in [0.29, 0.717) is 5.75 Å². The Labute approximate surface area is 103 Å². The lowest BCUT2D eigenvalue weighted by Crippen LogP contribution is -2.29. The number of methoxy groups -OCH3 is 1. The number of rotatable bonds is 5. The molecule has 7 heteroatoms. The Morgan fingerprint density at radius 3 is 2.78 bits per heavy atom. The van der Waals surface area contributed by atoms with Gasteiger partial charge in [0.25, 0.3) is 5.91 Å². The molecule has 0 aliphatic rings. The fourth-order valence-corrected chi connectivity index (χ4v) is 1.24. The summed E-state index contributed by atoms with van der Waals surface area (Å²) in [5.74, 6) is -0.213. The van der Waals surface area contributed by atoms with Gasteiger partial charge in [0, 0.05) is 0 Å². The molecule has 0 aliphatic carbocycles. The van der Waals surface area contributed by atoms with Crippen LogP contribution in [0, 0.1) is 0 Å². The second kappa shape index (κ2) is 6.33. The molecule has 1 aromatic rings. The smallest absolute Gasteiger partial charge is 0.404 e. The number of carbonyl (C=O) groups excluding carboxylic acids is 2. The number of ether oxygens (including phenoxy) is 2. The topological polar surface area (TPSA) is 111 Å². The summed E-state index contributed by atoms with van der Waals surface area (Å²) >= 11 is 0. The SMILES string of the molecule is COc1ccc(O)c(C(=O)NCCOC(N)=O)c1. The van der Waals surface area contributed by atoms with E-state index in [9.17, 15) is 14.7 Å². The van der Waals surface area contributed by atoms with Gasteiger partial charge in [-0.2, -0.15) is 0 Å². The number of aromatic hydroxyl groups is 1. The molecule has 2 amide bonds. The van der Waals surface area contributed by atoms with E-state index in [2.05, 4.69) is 10.1 Å². The predicted octanol–water partition coefficient (Wildman–Crippen LogP) is 0.226. The molecule has 0 saturated heterocycles. The van der Waals surface area contributed by atoms with Gasteiger partial charge in [-0.05, 0) is 18.2 Å². The molecule has 0 aromatic heterocycles. The van der Waals surface area contributed by atoms with Crippen molar-refractivity contribution in [1.29, 1.82) is 0 Å². The minimum atomic E-state index is -0.909. The third kappa shape index (κ3) is 3.85. The van der Waals surface area contributed by atoms with E-state index in [1.165, 1.54) is 25.3 Å². The molecule has 0 spiro atoms. The number of amides is 2. The van der Waals surface area contributed by atoms with Gasteiger partial charge in [0.15, 0.2) is 0 Å². The van der Waals surface area contributed by atoms with Crippen molar-refractivity contribution >= 4 is 12.0 Å². The molecule has 98 valence electrons. The lowest BCUT2D eigenvalue weighted by atomic mass is 10.2. The maximum absolute atomic E-state index is 11.7. The Morgan fingerprint density at radius 2 is 2.17 bits per heavy atom. The molecule has 0 saturated carbocycles. The van der Waals surface area contributed by atoms with E-state index in [4.69, 9.17) is 10.5 Å². The Bertz CT molecular complexity index is 447. The van der Waals surface area contributed by atoms with E-state index < -0.39 is 12.0 Å². The normalized spacial score (nSPS) is 9.61. The van der Waals surface area contributed by atoms with Crippen LogP contribution in [-0.2, 0) is 4.74 Å². The summed E-state index contributed by atoms with van der Waals surface area (Å²) in [6, 6.07) is 4.29. The van der Waals surface area contributed by atoms with Crippen molar-refractivity contribution in [2.75, 3.05) is 20.3 Å². The van der Waals surface area contributed by atoms with Gasteiger partial charge >= 0.3 is 6.09 Å². The maximum Gasteiger partial charge on any atom is 0.404 e. The van der Waals surface area contributed by atoms with E-state index in [-0.39, 0.29) is 24.5 Å². The molecular weight excluding hydrogens is 240 g/mol. The quantitative estimate of drug-likeness (QED) is 0.651. The van der Waals surface area contributed by atoms with Crippen LogP contribution in [0.3, 0.4) is 0 Å². The van der Waals surface area contributed by atoms with Crippen LogP contribution in [0.5, 0.6) is 11.5 Å². The second-order valence-corrected chi connectivity index (χ2v) is 3.31. The lowest BCUT2D eigenvalue weighted by Gasteiger charge is -2.08. The van der Waals surface area contributed by atoms with Crippen LogP contribution in [0.15, 0.2) is 18.2 Å². The van der Waals surface area contributed by atoms with Crippen LogP contribution in [0.25, 0.3) is 0 Å². The zero-order chi connectivity index (χ0) is 13.5. The van der Waals surface area contributed by atoms with Crippen LogP contribution in [0.2, 0.25) is 0 Å². The lowest BCUT2D eigenvalue weighted by molar-refractivity contribution is 0.0934. The van der Waals surface area contributed by atoms with E-state index in [0.717, 1.165) is 0 Å². The van der Waals surface area contributed by atoms with Crippen LogP contribution >= 0.6 is 0 Å². The summed E-state index contributed by atoms with van der Waals surface area (Å²) in [5.41, 5.74) is 4.83. The number of hydrogen-bond donors (Lipinski definition) is 3. The highest BCUT2D eigenvalue weighted by atomic mass is 16.5. The van der Waals surface area contributed by atoms with Gasteiger partial charge in [-0.15, -0.1) is 0 Å². The van der Waals surface area contributed by atoms with Crippen LogP contribution in [0.1, 0.15) is 10.4 Å². The largest absolute Gasteiger partial charge is 0.507 e. The average molecular weight is 254 g/mol. The minimum Gasteiger partial charge on any atom is -0.507 e. The molecule has 0 unspecified atom stereocenters. The summed E-state index contributed by atoms with van der Waals surface area (Å²) in [7, 11) is 1.45. The fourth-order valence-electron chi connectivity index (χ4n) is 1.24. The van der Waals surface area contributed by atoms with Crippen molar-refractivity contribution in [2.45, 2.75) is 0 Å². The number of benzene rings is 1. The first-order valence-electron chi connectivity index (χ1n) is 5.12. The van der Waals surface area contributed by atoms with Gasteiger partial charge < -0.3 is 25.6 Å². The number of nitrogens with two attached hydrogens (primary N) is 1. The Kier molecular flexibility index (Phi) is 4.79. The van der Waals surface area contributed by atoms with Crippen molar-refractivity contribution in [1.82, 2.24) is 5.32 Å². The summed E-state index contributed by atoms with van der Waals surface area (Å²) in [4.78, 5) is 22.0. The van der Waals surface area contributed by atoms with Crippen LogP contribution in [0.4, 0.5) is 4.79 Å². The molecule has 0 bridgehead atoms. The zero-order valence-corrected chi connectivity index (χ0v) is 9.80. The highest BCUT2D eigenvalue weighted by Gasteiger charge is 2.11. The first-order chi connectivity index (χ1) is 8.54. The number of hydrogen-bond acceptors (Lipinski definition) is 5. The summed E-state index contributed by atoms with van der Waals surface area (Å²) in [6.45, 7) is 0.0597. The third-order valence-electron chi connectivity index (χ3n) is 2.08. The highest BCUT2D eigenvalue weighted by molar-refractivity contribution is 5.97. The third-order valence-corrected chi connectivity index (χ3v) is 2.08. The zero-order valence-electron chi connectivity index (χ0n) is 9.80. The molecule has 0 fully saturated rings. The maximum atomic E-state index is 11.7. The summed E-state index contributed by atoms with van der Waals surface area (Å²) in [6.07, 6.45) is -0.909. The first kappa shape index (κ1) is 13.6. The molecule has 1 aromatic carbocycles. The first-order valence-corrected chi connectivity index (χ1v) is 5.12. The Morgan fingerprint density at radius 1 is 1.44 bits per heavy atom. The molecular formula is C11H14N2O5.